The molecule has 0 aromatic carbocycles. The molecule has 1 aliphatic carbocycles. The van der Waals surface area contributed by atoms with Gasteiger partial charge in [0, 0.05) is 12.0 Å². The van der Waals surface area contributed by atoms with Crippen LogP contribution in [0.2, 0.25) is 0 Å². The van der Waals surface area contributed by atoms with Gasteiger partial charge < -0.3 is 10.1 Å². The largest absolute Gasteiger partial charge is 0.478 e. The van der Waals surface area contributed by atoms with Gasteiger partial charge in [-0.3, -0.25) is 4.79 Å². The number of aromatic nitrogens is 1. The summed E-state index contributed by atoms with van der Waals surface area (Å²) in [4.78, 5) is 15.8. The summed E-state index contributed by atoms with van der Waals surface area (Å²) >= 11 is 0. The molecule has 1 aromatic heterocycles. The average molecular weight is 220 g/mol. The lowest BCUT2D eigenvalue weighted by molar-refractivity contribution is -0.117. The van der Waals surface area contributed by atoms with Crippen molar-refractivity contribution in [3.8, 4) is 5.88 Å². The quantitative estimate of drug-likeness (QED) is 0.845. The van der Waals surface area contributed by atoms with Crippen molar-refractivity contribution in [1.29, 1.82) is 0 Å². The standard InChI is InChI=1S/C12H16N2O2/c1-3-16-11-6-4-5-10(13-11)14-12(15)9-7-8(9)2/h4-6,8-9H,3,7H2,1-2H3,(H,13,14,15)/t8-,9-/m1/s1. The fourth-order valence-electron chi connectivity index (χ4n) is 1.62. The van der Waals surface area contributed by atoms with Gasteiger partial charge in [-0.05, 0) is 25.3 Å². The minimum Gasteiger partial charge on any atom is -0.478 e. The smallest absolute Gasteiger partial charge is 0.228 e. The van der Waals surface area contributed by atoms with Crippen LogP contribution in [-0.4, -0.2) is 17.5 Å². The first kappa shape index (κ1) is 10.9. The van der Waals surface area contributed by atoms with Crippen LogP contribution >= 0.6 is 0 Å². The van der Waals surface area contributed by atoms with Gasteiger partial charge in [-0.1, -0.05) is 13.0 Å². The highest BCUT2D eigenvalue weighted by Crippen LogP contribution is 2.38. The van der Waals surface area contributed by atoms with Crippen molar-refractivity contribution in [2.75, 3.05) is 11.9 Å². The lowest BCUT2D eigenvalue weighted by Crippen LogP contribution is -2.15. The summed E-state index contributed by atoms with van der Waals surface area (Å²) in [7, 11) is 0. The van der Waals surface area contributed by atoms with Crippen LogP contribution in [0, 0.1) is 11.8 Å². The molecule has 2 rings (SSSR count). The molecule has 0 radical (unpaired) electrons. The van der Waals surface area contributed by atoms with Crippen molar-refractivity contribution in [1.82, 2.24) is 4.98 Å². The van der Waals surface area contributed by atoms with E-state index in [1.165, 1.54) is 0 Å². The Labute approximate surface area is 95.0 Å². The molecule has 0 aliphatic heterocycles. The van der Waals surface area contributed by atoms with Crippen molar-refractivity contribution in [3.63, 3.8) is 0 Å². The van der Waals surface area contributed by atoms with Crippen LogP contribution in [0.3, 0.4) is 0 Å². The highest BCUT2D eigenvalue weighted by molar-refractivity contribution is 5.93. The van der Waals surface area contributed by atoms with Crippen molar-refractivity contribution >= 4 is 11.7 Å². The number of pyridine rings is 1. The molecule has 0 spiro atoms. The van der Waals surface area contributed by atoms with Crippen LogP contribution in [0.4, 0.5) is 5.82 Å². The molecular weight excluding hydrogens is 204 g/mol. The number of hydrogen-bond donors (Lipinski definition) is 1. The summed E-state index contributed by atoms with van der Waals surface area (Å²) in [5.41, 5.74) is 0. The van der Waals surface area contributed by atoms with Crippen molar-refractivity contribution in [2.45, 2.75) is 20.3 Å². The zero-order chi connectivity index (χ0) is 11.5. The first-order valence-corrected chi connectivity index (χ1v) is 5.61. The second-order valence-electron chi connectivity index (χ2n) is 4.10. The Bertz CT molecular complexity index is 392. The topological polar surface area (TPSA) is 51.2 Å². The number of rotatable bonds is 4. The van der Waals surface area contributed by atoms with E-state index < -0.39 is 0 Å². The van der Waals surface area contributed by atoms with Gasteiger partial charge in [0.25, 0.3) is 0 Å². The van der Waals surface area contributed by atoms with E-state index in [1.54, 1.807) is 12.1 Å². The molecule has 1 aliphatic rings. The second-order valence-corrected chi connectivity index (χ2v) is 4.10. The van der Waals surface area contributed by atoms with E-state index in [1.807, 2.05) is 13.0 Å². The fourth-order valence-corrected chi connectivity index (χ4v) is 1.62. The third-order valence-corrected chi connectivity index (χ3v) is 2.71. The zero-order valence-corrected chi connectivity index (χ0v) is 9.56. The number of carbonyl (C=O) groups excluding carboxylic acids is 1. The lowest BCUT2D eigenvalue weighted by Gasteiger charge is -2.06. The lowest BCUT2D eigenvalue weighted by atomic mass is 10.3. The molecule has 1 heterocycles. The van der Waals surface area contributed by atoms with Gasteiger partial charge in [0.15, 0.2) is 0 Å². The number of nitrogens with one attached hydrogen (secondary N) is 1. The van der Waals surface area contributed by atoms with Gasteiger partial charge in [-0.2, -0.15) is 4.98 Å². The Morgan fingerprint density at radius 3 is 3.00 bits per heavy atom. The predicted molar refractivity (Wildman–Crippen MR) is 61.3 cm³/mol. The Kier molecular flexibility index (Phi) is 3.08. The molecule has 4 heteroatoms. The predicted octanol–water partition coefficient (Wildman–Crippen LogP) is 2.07. The molecule has 0 bridgehead atoms. The van der Waals surface area contributed by atoms with Gasteiger partial charge in [0.1, 0.15) is 5.82 Å². The van der Waals surface area contributed by atoms with Gasteiger partial charge in [-0.25, -0.2) is 0 Å². The van der Waals surface area contributed by atoms with Crippen LogP contribution in [0.15, 0.2) is 18.2 Å². The highest BCUT2D eigenvalue weighted by Gasteiger charge is 2.39. The fraction of sp³-hybridized carbons (Fsp3) is 0.500. The Morgan fingerprint density at radius 1 is 1.62 bits per heavy atom. The van der Waals surface area contributed by atoms with E-state index in [-0.39, 0.29) is 11.8 Å². The molecule has 1 fully saturated rings. The maximum absolute atomic E-state index is 11.7. The minimum atomic E-state index is 0.0636. The van der Waals surface area contributed by atoms with E-state index >= 15 is 0 Å². The monoisotopic (exact) mass is 220 g/mol. The van der Waals surface area contributed by atoms with Gasteiger partial charge in [0.05, 0.1) is 6.61 Å². The first-order valence-electron chi connectivity index (χ1n) is 5.61. The number of ether oxygens (including phenoxy) is 1. The summed E-state index contributed by atoms with van der Waals surface area (Å²) in [6.45, 7) is 4.55. The normalized spacial score (nSPS) is 22.6. The van der Waals surface area contributed by atoms with Crippen molar-refractivity contribution in [3.05, 3.63) is 18.2 Å². The number of amides is 1. The van der Waals surface area contributed by atoms with E-state index in [0.29, 0.717) is 24.2 Å². The Hall–Kier alpha value is -1.58. The molecule has 2 atom stereocenters. The number of hydrogen-bond acceptors (Lipinski definition) is 3. The molecule has 0 saturated heterocycles. The van der Waals surface area contributed by atoms with Crippen molar-refractivity contribution < 1.29 is 9.53 Å². The summed E-state index contributed by atoms with van der Waals surface area (Å²) in [6, 6.07) is 5.37. The summed E-state index contributed by atoms with van der Waals surface area (Å²) in [5.74, 6) is 1.85. The first-order chi connectivity index (χ1) is 7.70. The van der Waals surface area contributed by atoms with E-state index in [0.717, 1.165) is 6.42 Å². The Balaban J connectivity index is 1.98. The third kappa shape index (κ3) is 2.51. The highest BCUT2D eigenvalue weighted by atomic mass is 16.5. The third-order valence-electron chi connectivity index (χ3n) is 2.71. The molecule has 1 amide bonds. The summed E-state index contributed by atoms with van der Waals surface area (Å²) < 4.78 is 5.26. The molecule has 16 heavy (non-hydrogen) atoms. The van der Waals surface area contributed by atoms with Crippen LogP contribution in [0.5, 0.6) is 5.88 Å². The summed E-state index contributed by atoms with van der Waals surface area (Å²) in [5, 5.41) is 2.80. The van der Waals surface area contributed by atoms with Crippen LogP contribution in [-0.2, 0) is 4.79 Å². The summed E-state index contributed by atoms with van der Waals surface area (Å²) in [6.07, 6.45) is 0.983. The maximum Gasteiger partial charge on any atom is 0.228 e. The molecule has 1 N–H and O–H groups in total. The SMILES string of the molecule is CCOc1cccc(NC(=O)[C@@H]2C[C@H]2C)n1. The number of carbonyl (C=O) groups is 1. The molecule has 4 nitrogen and oxygen atoms in total. The molecular formula is C12H16N2O2. The van der Waals surface area contributed by atoms with Crippen LogP contribution in [0.25, 0.3) is 0 Å². The minimum absolute atomic E-state index is 0.0636. The molecule has 1 saturated carbocycles. The van der Waals surface area contributed by atoms with Gasteiger partial charge in [-0.15, -0.1) is 0 Å². The van der Waals surface area contributed by atoms with E-state index in [9.17, 15) is 4.79 Å². The van der Waals surface area contributed by atoms with Gasteiger partial charge >= 0.3 is 0 Å². The van der Waals surface area contributed by atoms with Crippen LogP contribution < -0.4 is 10.1 Å². The van der Waals surface area contributed by atoms with E-state index in [4.69, 9.17) is 4.74 Å². The van der Waals surface area contributed by atoms with Gasteiger partial charge in [0.2, 0.25) is 11.8 Å². The Morgan fingerprint density at radius 2 is 2.38 bits per heavy atom. The average Bonchev–Trinajstić information content (AvgIpc) is 2.97. The second kappa shape index (κ2) is 4.51. The van der Waals surface area contributed by atoms with Crippen molar-refractivity contribution in [2.24, 2.45) is 11.8 Å². The number of nitrogens with zero attached hydrogens (tertiary/aromatic N) is 1. The maximum atomic E-state index is 11.7. The zero-order valence-electron chi connectivity index (χ0n) is 9.56. The molecule has 86 valence electrons. The molecule has 1 aromatic rings. The number of anilines is 1. The van der Waals surface area contributed by atoms with Crippen LogP contribution in [0.1, 0.15) is 20.3 Å². The van der Waals surface area contributed by atoms with E-state index in [2.05, 4.69) is 17.2 Å². The molecule has 0 unspecified atom stereocenters.